The molecule has 1 spiro atoms. The van der Waals surface area contributed by atoms with Gasteiger partial charge in [-0.25, -0.2) is 0 Å². The van der Waals surface area contributed by atoms with E-state index in [4.69, 9.17) is 9.47 Å². The zero-order chi connectivity index (χ0) is 14.5. The molecule has 2 unspecified atom stereocenters. The molecule has 1 heterocycles. The maximum Gasteiger partial charge on any atom is 0.169 e. The van der Waals surface area contributed by atoms with Crippen molar-refractivity contribution in [3.05, 3.63) is 0 Å². The molecule has 0 aromatic carbocycles. The molecule has 0 bridgehead atoms. The van der Waals surface area contributed by atoms with Crippen LogP contribution in [0.2, 0.25) is 0 Å². The van der Waals surface area contributed by atoms with Crippen LogP contribution in [0.25, 0.3) is 0 Å². The van der Waals surface area contributed by atoms with Crippen LogP contribution in [0, 0.1) is 22.7 Å². The Labute approximate surface area is 119 Å². The first kappa shape index (κ1) is 15.3. The molecule has 2 aliphatic rings. The third kappa shape index (κ3) is 2.71. The smallest absolute Gasteiger partial charge is 0.169 e. The van der Waals surface area contributed by atoms with Gasteiger partial charge in [-0.3, -0.25) is 0 Å². The molecule has 112 valence electrons. The van der Waals surface area contributed by atoms with Crippen molar-refractivity contribution in [1.82, 2.24) is 0 Å². The van der Waals surface area contributed by atoms with Crippen molar-refractivity contribution in [3.63, 3.8) is 0 Å². The van der Waals surface area contributed by atoms with Crippen molar-refractivity contribution < 1.29 is 9.47 Å². The van der Waals surface area contributed by atoms with E-state index in [1.54, 1.807) is 0 Å². The maximum absolute atomic E-state index is 6.42. The standard InChI is InChI=1S/C17H32O2/c1-8-14-9-18-17(19-12(14)2)10-15(4,5)13(3)16(6,7)11-17/h12-14H,8-11H2,1-7H3. The van der Waals surface area contributed by atoms with Crippen LogP contribution in [0.5, 0.6) is 0 Å². The van der Waals surface area contributed by atoms with Gasteiger partial charge in [0, 0.05) is 18.8 Å². The lowest BCUT2D eigenvalue weighted by molar-refractivity contribution is -0.347. The van der Waals surface area contributed by atoms with Crippen molar-refractivity contribution in [2.45, 2.75) is 79.6 Å². The fourth-order valence-corrected chi connectivity index (χ4v) is 4.31. The van der Waals surface area contributed by atoms with Crippen molar-refractivity contribution in [3.8, 4) is 0 Å². The Bertz CT molecular complexity index is 314. The summed E-state index contributed by atoms with van der Waals surface area (Å²) < 4.78 is 12.7. The first-order chi connectivity index (χ1) is 8.62. The van der Waals surface area contributed by atoms with Gasteiger partial charge in [0.1, 0.15) is 0 Å². The second-order valence-electron chi connectivity index (χ2n) is 8.27. The summed E-state index contributed by atoms with van der Waals surface area (Å²) in [6.07, 6.45) is 3.50. The van der Waals surface area contributed by atoms with Gasteiger partial charge in [0.15, 0.2) is 5.79 Å². The highest BCUT2D eigenvalue weighted by Gasteiger charge is 2.55. The van der Waals surface area contributed by atoms with E-state index in [9.17, 15) is 0 Å². The molecule has 2 heteroatoms. The summed E-state index contributed by atoms with van der Waals surface area (Å²) in [5.41, 5.74) is 0.529. The van der Waals surface area contributed by atoms with Gasteiger partial charge in [-0.05, 0) is 30.1 Å². The number of rotatable bonds is 1. The number of hydrogen-bond acceptors (Lipinski definition) is 2. The fourth-order valence-electron chi connectivity index (χ4n) is 4.31. The quantitative estimate of drug-likeness (QED) is 0.690. The van der Waals surface area contributed by atoms with Crippen LogP contribution >= 0.6 is 0 Å². The highest BCUT2D eigenvalue weighted by molar-refractivity contribution is 5.00. The van der Waals surface area contributed by atoms with Gasteiger partial charge in [0.2, 0.25) is 0 Å². The maximum atomic E-state index is 6.42. The summed E-state index contributed by atoms with van der Waals surface area (Å²) in [5, 5.41) is 0. The van der Waals surface area contributed by atoms with E-state index in [2.05, 4.69) is 48.5 Å². The second-order valence-corrected chi connectivity index (χ2v) is 8.27. The van der Waals surface area contributed by atoms with E-state index in [0.29, 0.717) is 17.9 Å². The van der Waals surface area contributed by atoms with Crippen molar-refractivity contribution in [2.75, 3.05) is 6.61 Å². The topological polar surface area (TPSA) is 18.5 Å². The molecule has 19 heavy (non-hydrogen) atoms. The Hall–Kier alpha value is -0.0800. The van der Waals surface area contributed by atoms with Gasteiger partial charge >= 0.3 is 0 Å². The lowest BCUT2D eigenvalue weighted by atomic mass is 9.56. The summed E-state index contributed by atoms with van der Waals surface area (Å²) in [7, 11) is 0. The monoisotopic (exact) mass is 268 g/mol. The molecule has 0 N–H and O–H groups in total. The van der Waals surface area contributed by atoms with Crippen LogP contribution in [0.15, 0.2) is 0 Å². The van der Waals surface area contributed by atoms with Crippen LogP contribution in [-0.4, -0.2) is 18.5 Å². The zero-order valence-electron chi connectivity index (χ0n) is 13.9. The summed E-state index contributed by atoms with van der Waals surface area (Å²) >= 11 is 0. The molecule has 1 saturated heterocycles. The second kappa shape index (κ2) is 4.73. The molecule has 2 nitrogen and oxygen atoms in total. The van der Waals surface area contributed by atoms with Crippen molar-refractivity contribution in [2.24, 2.45) is 22.7 Å². The molecule has 0 radical (unpaired) electrons. The van der Waals surface area contributed by atoms with Gasteiger partial charge in [0.25, 0.3) is 0 Å². The zero-order valence-corrected chi connectivity index (χ0v) is 13.9. The lowest BCUT2D eigenvalue weighted by Crippen LogP contribution is -2.58. The Kier molecular flexibility index (Phi) is 3.81. The summed E-state index contributed by atoms with van der Waals surface area (Å²) in [5.74, 6) is 0.887. The molecule has 0 aromatic heterocycles. The average molecular weight is 268 g/mol. The van der Waals surface area contributed by atoms with E-state index in [1.165, 1.54) is 0 Å². The predicted molar refractivity (Wildman–Crippen MR) is 79.0 cm³/mol. The Balaban J connectivity index is 2.21. The Morgan fingerprint density at radius 3 is 1.95 bits per heavy atom. The largest absolute Gasteiger partial charge is 0.349 e. The minimum Gasteiger partial charge on any atom is -0.349 e. The van der Waals surface area contributed by atoms with Crippen molar-refractivity contribution in [1.29, 1.82) is 0 Å². The van der Waals surface area contributed by atoms with Crippen LogP contribution < -0.4 is 0 Å². The molecule has 0 aromatic rings. The third-order valence-corrected chi connectivity index (χ3v) is 5.94. The highest BCUT2D eigenvalue weighted by atomic mass is 16.7. The molecule has 2 atom stereocenters. The normalized spacial score (nSPS) is 45.3. The molecule has 1 aliphatic heterocycles. The molecule has 2 fully saturated rings. The SMILES string of the molecule is CCC1COC2(CC(C)(C)C(C)C(C)(C)C2)OC1C. The molecular weight excluding hydrogens is 236 g/mol. The van der Waals surface area contributed by atoms with Gasteiger partial charge in [-0.1, -0.05) is 41.5 Å². The van der Waals surface area contributed by atoms with E-state index in [-0.39, 0.29) is 16.6 Å². The molecule has 1 saturated carbocycles. The number of hydrogen-bond donors (Lipinski definition) is 0. The summed E-state index contributed by atoms with van der Waals surface area (Å²) in [4.78, 5) is 0. The van der Waals surface area contributed by atoms with Crippen LogP contribution in [-0.2, 0) is 9.47 Å². The summed E-state index contributed by atoms with van der Waals surface area (Å²) in [6.45, 7) is 17.1. The van der Waals surface area contributed by atoms with Crippen molar-refractivity contribution >= 4 is 0 Å². The molecule has 0 amide bonds. The minimum atomic E-state index is -0.343. The minimum absolute atomic E-state index is 0.264. The molecular formula is C17H32O2. The highest BCUT2D eigenvalue weighted by Crippen LogP contribution is 2.56. The number of ether oxygens (including phenoxy) is 2. The van der Waals surface area contributed by atoms with Crippen LogP contribution in [0.1, 0.15) is 67.7 Å². The molecule has 1 aliphatic carbocycles. The summed E-state index contributed by atoms with van der Waals surface area (Å²) in [6, 6.07) is 0. The Morgan fingerprint density at radius 2 is 1.53 bits per heavy atom. The van der Waals surface area contributed by atoms with E-state index < -0.39 is 0 Å². The molecule has 2 rings (SSSR count). The van der Waals surface area contributed by atoms with Gasteiger partial charge < -0.3 is 9.47 Å². The third-order valence-electron chi connectivity index (χ3n) is 5.94. The fraction of sp³-hybridized carbons (Fsp3) is 1.00. The van der Waals surface area contributed by atoms with E-state index >= 15 is 0 Å². The lowest BCUT2D eigenvalue weighted by Gasteiger charge is -2.58. The first-order valence-electron chi connectivity index (χ1n) is 7.94. The first-order valence-corrected chi connectivity index (χ1v) is 7.94. The van der Waals surface area contributed by atoms with E-state index in [0.717, 1.165) is 25.9 Å². The van der Waals surface area contributed by atoms with Crippen LogP contribution in [0.3, 0.4) is 0 Å². The van der Waals surface area contributed by atoms with E-state index in [1.807, 2.05) is 0 Å². The average Bonchev–Trinajstić information content (AvgIpc) is 2.25. The van der Waals surface area contributed by atoms with Gasteiger partial charge in [-0.2, -0.15) is 0 Å². The van der Waals surface area contributed by atoms with Gasteiger partial charge in [-0.15, -0.1) is 0 Å². The Morgan fingerprint density at radius 1 is 1.00 bits per heavy atom. The predicted octanol–water partition coefficient (Wildman–Crippen LogP) is 4.63. The van der Waals surface area contributed by atoms with Crippen LogP contribution in [0.4, 0.5) is 0 Å². The van der Waals surface area contributed by atoms with Gasteiger partial charge in [0.05, 0.1) is 12.7 Å².